The van der Waals surface area contributed by atoms with Crippen LogP contribution in [0.3, 0.4) is 0 Å². The number of nitrogens with two attached hydrogens (primary N) is 1. The standard InChI is InChI=1S/C18H19Br2N3/c1-18(2)13-9-11(19)3-5-15(13)23(8-7-17(21)22)16-6-4-12(20)10-14(16)18/h3-6,9-10H,7-8H2,1-2H3,(H3,21,22). The van der Waals surface area contributed by atoms with E-state index in [0.717, 1.165) is 8.95 Å². The number of anilines is 2. The van der Waals surface area contributed by atoms with Crippen molar-refractivity contribution in [3.05, 3.63) is 56.5 Å². The largest absolute Gasteiger partial charge is 0.388 e. The third-order valence-corrected chi connectivity index (χ3v) is 5.44. The van der Waals surface area contributed by atoms with Gasteiger partial charge in [0.1, 0.15) is 0 Å². The molecule has 1 heterocycles. The van der Waals surface area contributed by atoms with Gasteiger partial charge in [0.15, 0.2) is 0 Å². The van der Waals surface area contributed by atoms with Gasteiger partial charge in [-0.3, -0.25) is 5.41 Å². The highest BCUT2D eigenvalue weighted by atomic mass is 79.9. The van der Waals surface area contributed by atoms with Crippen LogP contribution >= 0.6 is 31.9 Å². The van der Waals surface area contributed by atoms with Crippen molar-refractivity contribution >= 4 is 49.1 Å². The van der Waals surface area contributed by atoms with Crippen LogP contribution in [0.25, 0.3) is 0 Å². The molecule has 0 bridgehead atoms. The molecule has 0 aliphatic carbocycles. The number of hydrogen-bond acceptors (Lipinski definition) is 2. The molecule has 1 aliphatic heterocycles. The molecule has 2 aromatic carbocycles. The Bertz CT molecular complexity index is 728. The van der Waals surface area contributed by atoms with Crippen LogP contribution in [0, 0.1) is 5.41 Å². The van der Waals surface area contributed by atoms with Gasteiger partial charge in [-0.25, -0.2) is 0 Å². The van der Waals surface area contributed by atoms with Crippen molar-refractivity contribution < 1.29 is 0 Å². The lowest BCUT2D eigenvalue weighted by atomic mass is 9.73. The molecule has 3 N–H and O–H groups in total. The second-order valence-corrected chi connectivity index (χ2v) is 8.21. The highest BCUT2D eigenvalue weighted by Gasteiger charge is 2.36. The molecule has 0 saturated heterocycles. The molecular weight excluding hydrogens is 418 g/mol. The number of rotatable bonds is 3. The first kappa shape index (κ1) is 16.5. The highest BCUT2D eigenvalue weighted by molar-refractivity contribution is 9.10. The molecule has 0 fully saturated rings. The summed E-state index contributed by atoms with van der Waals surface area (Å²) in [5.74, 6) is 0.215. The average molecular weight is 437 g/mol. The fourth-order valence-corrected chi connectivity index (χ4v) is 3.96. The number of nitrogens with zero attached hydrogens (tertiary/aromatic N) is 1. The Labute approximate surface area is 153 Å². The number of hydrogen-bond donors (Lipinski definition) is 2. The summed E-state index contributed by atoms with van der Waals surface area (Å²) >= 11 is 7.19. The van der Waals surface area contributed by atoms with Crippen LogP contribution in [0.4, 0.5) is 11.4 Å². The van der Waals surface area contributed by atoms with E-state index in [2.05, 4.69) is 87.0 Å². The van der Waals surface area contributed by atoms with Gasteiger partial charge in [-0.2, -0.15) is 0 Å². The molecule has 0 aromatic heterocycles. The summed E-state index contributed by atoms with van der Waals surface area (Å²) < 4.78 is 2.16. The molecule has 0 spiro atoms. The number of amidine groups is 1. The molecule has 0 atom stereocenters. The molecule has 0 radical (unpaired) electrons. The maximum absolute atomic E-state index is 7.56. The lowest BCUT2D eigenvalue weighted by Crippen LogP contribution is -2.34. The predicted octanol–water partition coefficient (Wildman–Crippen LogP) is 5.32. The number of fused-ring (bicyclic) bond motifs is 2. The Kier molecular flexibility index (Phi) is 4.27. The zero-order valence-corrected chi connectivity index (χ0v) is 16.3. The number of benzene rings is 2. The van der Waals surface area contributed by atoms with Gasteiger partial charge in [-0.1, -0.05) is 45.7 Å². The van der Waals surface area contributed by atoms with Gasteiger partial charge in [0.2, 0.25) is 0 Å². The van der Waals surface area contributed by atoms with E-state index in [9.17, 15) is 0 Å². The van der Waals surface area contributed by atoms with Crippen LogP contribution in [0.2, 0.25) is 0 Å². The van der Waals surface area contributed by atoms with Gasteiger partial charge in [-0.15, -0.1) is 0 Å². The van der Waals surface area contributed by atoms with Gasteiger partial charge in [0.05, 0.1) is 5.84 Å². The third-order valence-electron chi connectivity index (χ3n) is 4.45. The Balaban J connectivity index is 2.21. The summed E-state index contributed by atoms with van der Waals surface area (Å²) in [6, 6.07) is 12.8. The van der Waals surface area contributed by atoms with Crippen LogP contribution in [0.5, 0.6) is 0 Å². The fraction of sp³-hybridized carbons (Fsp3) is 0.278. The zero-order chi connectivity index (χ0) is 16.8. The minimum Gasteiger partial charge on any atom is -0.388 e. The van der Waals surface area contributed by atoms with E-state index in [1.54, 1.807) is 0 Å². The smallest absolute Gasteiger partial charge is 0.0923 e. The second-order valence-electron chi connectivity index (χ2n) is 6.37. The molecule has 1 aliphatic rings. The van der Waals surface area contributed by atoms with Crippen LogP contribution in [-0.4, -0.2) is 12.4 Å². The molecule has 3 rings (SSSR count). The normalized spacial score (nSPS) is 15.0. The quantitative estimate of drug-likeness (QED) is 0.505. The topological polar surface area (TPSA) is 53.1 Å². The lowest BCUT2D eigenvalue weighted by molar-refractivity contribution is 0.623. The van der Waals surface area contributed by atoms with Crippen molar-refractivity contribution in [2.45, 2.75) is 25.7 Å². The minimum absolute atomic E-state index is 0.0923. The third kappa shape index (κ3) is 2.92. The van der Waals surface area contributed by atoms with Gasteiger partial charge in [0, 0.05) is 38.7 Å². The van der Waals surface area contributed by atoms with Crippen molar-refractivity contribution in [1.82, 2.24) is 0 Å². The van der Waals surface area contributed by atoms with Crippen LogP contribution in [0.15, 0.2) is 45.3 Å². The zero-order valence-electron chi connectivity index (χ0n) is 13.2. The summed E-state index contributed by atoms with van der Waals surface area (Å²) in [5, 5.41) is 7.56. The van der Waals surface area contributed by atoms with Gasteiger partial charge < -0.3 is 10.6 Å². The van der Waals surface area contributed by atoms with Crippen molar-refractivity contribution in [3.63, 3.8) is 0 Å². The Morgan fingerprint density at radius 1 is 1.04 bits per heavy atom. The first-order valence-corrected chi connectivity index (χ1v) is 9.10. The van der Waals surface area contributed by atoms with Gasteiger partial charge >= 0.3 is 0 Å². The highest BCUT2D eigenvalue weighted by Crippen LogP contribution is 2.50. The number of nitrogens with one attached hydrogen (secondary N) is 1. The second kappa shape index (κ2) is 5.95. The average Bonchev–Trinajstić information content (AvgIpc) is 2.48. The SMILES string of the molecule is CC1(C)c2cc(Br)ccc2N(CCC(=N)N)c2ccc(Br)cc21. The molecule has 0 amide bonds. The summed E-state index contributed by atoms with van der Waals surface area (Å²) in [7, 11) is 0. The molecule has 120 valence electrons. The maximum Gasteiger partial charge on any atom is 0.0923 e. The summed E-state index contributed by atoms with van der Waals surface area (Å²) in [5.41, 5.74) is 10.4. The van der Waals surface area contributed by atoms with E-state index in [1.165, 1.54) is 22.5 Å². The Hall–Kier alpha value is -1.33. The van der Waals surface area contributed by atoms with E-state index in [-0.39, 0.29) is 11.3 Å². The molecular formula is C18H19Br2N3. The molecule has 2 aromatic rings. The van der Waals surface area contributed by atoms with Crippen LogP contribution in [0.1, 0.15) is 31.4 Å². The first-order valence-electron chi connectivity index (χ1n) is 7.51. The van der Waals surface area contributed by atoms with E-state index in [4.69, 9.17) is 11.1 Å². The van der Waals surface area contributed by atoms with E-state index in [1.807, 2.05) is 0 Å². The lowest BCUT2D eigenvalue weighted by Gasteiger charge is -2.42. The van der Waals surface area contributed by atoms with Crippen molar-refractivity contribution in [2.75, 3.05) is 11.4 Å². The van der Waals surface area contributed by atoms with Gasteiger partial charge in [0.25, 0.3) is 0 Å². The Morgan fingerprint density at radius 2 is 1.52 bits per heavy atom. The molecule has 5 heteroatoms. The molecule has 23 heavy (non-hydrogen) atoms. The van der Waals surface area contributed by atoms with E-state index < -0.39 is 0 Å². The monoisotopic (exact) mass is 435 g/mol. The first-order chi connectivity index (χ1) is 10.8. The van der Waals surface area contributed by atoms with Crippen LogP contribution in [-0.2, 0) is 5.41 Å². The van der Waals surface area contributed by atoms with Crippen molar-refractivity contribution in [2.24, 2.45) is 5.73 Å². The Morgan fingerprint density at radius 3 is 1.96 bits per heavy atom. The molecule has 0 saturated carbocycles. The van der Waals surface area contributed by atoms with Crippen LogP contribution < -0.4 is 10.6 Å². The predicted molar refractivity (Wildman–Crippen MR) is 104 cm³/mol. The molecule has 3 nitrogen and oxygen atoms in total. The summed E-state index contributed by atoms with van der Waals surface area (Å²) in [4.78, 5) is 2.27. The maximum atomic E-state index is 7.56. The van der Waals surface area contributed by atoms with Crippen molar-refractivity contribution in [1.29, 1.82) is 5.41 Å². The van der Waals surface area contributed by atoms with Crippen molar-refractivity contribution in [3.8, 4) is 0 Å². The number of halogens is 2. The molecule has 0 unspecified atom stereocenters. The van der Waals surface area contributed by atoms with E-state index in [0.29, 0.717) is 13.0 Å². The summed E-state index contributed by atoms with van der Waals surface area (Å²) in [6.45, 7) is 5.21. The minimum atomic E-state index is -0.0923. The summed E-state index contributed by atoms with van der Waals surface area (Å²) in [6.07, 6.45) is 0.547. The van der Waals surface area contributed by atoms with Gasteiger partial charge in [-0.05, 0) is 47.5 Å². The fourth-order valence-electron chi connectivity index (χ4n) is 3.24. The van der Waals surface area contributed by atoms with E-state index >= 15 is 0 Å².